The van der Waals surface area contributed by atoms with Crippen molar-refractivity contribution in [2.24, 2.45) is 0 Å². The summed E-state index contributed by atoms with van der Waals surface area (Å²) in [4.78, 5) is 7.24. The molecule has 21 heavy (non-hydrogen) atoms. The lowest BCUT2D eigenvalue weighted by atomic mass is 10.1. The van der Waals surface area contributed by atoms with Crippen LogP contribution in [0, 0.1) is 6.92 Å². The van der Waals surface area contributed by atoms with Crippen molar-refractivity contribution in [1.82, 2.24) is 15.2 Å². The molecular weight excluding hydrogens is 258 g/mol. The third kappa shape index (κ3) is 3.42. The minimum atomic E-state index is 0.627. The van der Waals surface area contributed by atoms with E-state index < -0.39 is 0 Å². The molecule has 0 saturated carbocycles. The molecule has 1 aromatic heterocycles. The zero-order valence-corrected chi connectivity index (χ0v) is 13.1. The Morgan fingerprint density at radius 3 is 3.05 bits per heavy atom. The average Bonchev–Trinajstić information content (AvgIpc) is 2.72. The number of aromatic nitrogens is 1. The predicted molar refractivity (Wildman–Crippen MR) is 88.5 cm³/mol. The summed E-state index contributed by atoms with van der Waals surface area (Å²) in [6, 6.07) is 11.4. The number of nitrogens with one attached hydrogen (secondary N) is 1. The number of hydrogen-bond acceptors (Lipinski definition) is 3. The molecular formula is C18H25N3. The lowest BCUT2D eigenvalue weighted by molar-refractivity contribution is 0.258. The van der Waals surface area contributed by atoms with Gasteiger partial charge in [-0.15, -0.1) is 0 Å². The first kappa shape index (κ1) is 14.5. The van der Waals surface area contributed by atoms with Crippen LogP contribution in [-0.4, -0.2) is 35.6 Å². The van der Waals surface area contributed by atoms with Gasteiger partial charge in [0.2, 0.25) is 0 Å². The summed E-state index contributed by atoms with van der Waals surface area (Å²) in [5.41, 5.74) is 3.64. The van der Waals surface area contributed by atoms with Crippen LogP contribution in [0.15, 0.2) is 30.3 Å². The molecule has 1 atom stereocenters. The fraction of sp³-hybridized carbons (Fsp3) is 0.500. The van der Waals surface area contributed by atoms with Crippen LogP contribution in [0.25, 0.3) is 10.9 Å². The summed E-state index contributed by atoms with van der Waals surface area (Å²) in [6.07, 6.45) is 2.44. The van der Waals surface area contributed by atoms with Gasteiger partial charge in [-0.3, -0.25) is 9.88 Å². The standard InChI is InChI=1S/C18H25N3/c1-3-16-13-21(10-6-9-19-16)12-15-11-14(2)20-18-8-5-4-7-17(15)18/h4-5,7-8,11,16,19H,3,6,9-10,12-13H2,1-2H3. The Hall–Kier alpha value is -1.45. The summed E-state index contributed by atoms with van der Waals surface area (Å²) in [5.74, 6) is 0. The normalized spacial score (nSPS) is 20.6. The molecule has 1 fully saturated rings. The minimum Gasteiger partial charge on any atom is -0.313 e. The first-order chi connectivity index (χ1) is 10.3. The lowest BCUT2D eigenvalue weighted by Gasteiger charge is -2.24. The maximum Gasteiger partial charge on any atom is 0.0708 e. The van der Waals surface area contributed by atoms with Crippen LogP contribution >= 0.6 is 0 Å². The van der Waals surface area contributed by atoms with Crippen molar-refractivity contribution in [2.45, 2.75) is 39.3 Å². The fourth-order valence-corrected chi connectivity index (χ4v) is 3.26. The first-order valence-corrected chi connectivity index (χ1v) is 8.07. The second-order valence-electron chi connectivity index (χ2n) is 6.09. The van der Waals surface area contributed by atoms with E-state index in [0.717, 1.165) is 30.8 Å². The van der Waals surface area contributed by atoms with Gasteiger partial charge in [0.05, 0.1) is 5.52 Å². The van der Waals surface area contributed by atoms with Crippen LogP contribution in [0.2, 0.25) is 0 Å². The summed E-state index contributed by atoms with van der Waals surface area (Å²) in [7, 11) is 0. The topological polar surface area (TPSA) is 28.2 Å². The van der Waals surface area contributed by atoms with E-state index in [4.69, 9.17) is 0 Å². The van der Waals surface area contributed by atoms with Gasteiger partial charge in [0.25, 0.3) is 0 Å². The van der Waals surface area contributed by atoms with Crippen LogP contribution in [-0.2, 0) is 6.54 Å². The second kappa shape index (κ2) is 6.54. The Bertz CT molecular complexity index is 608. The van der Waals surface area contributed by atoms with Crippen molar-refractivity contribution in [2.75, 3.05) is 19.6 Å². The van der Waals surface area contributed by atoms with E-state index in [1.54, 1.807) is 0 Å². The molecule has 112 valence electrons. The van der Waals surface area contributed by atoms with Crippen molar-refractivity contribution < 1.29 is 0 Å². The third-order valence-electron chi connectivity index (χ3n) is 4.38. The number of pyridine rings is 1. The third-order valence-corrected chi connectivity index (χ3v) is 4.38. The summed E-state index contributed by atoms with van der Waals surface area (Å²) in [6.45, 7) is 8.86. The molecule has 1 N–H and O–H groups in total. The molecule has 0 amide bonds. The van der Waals surface area contributed by atoms with Gasteiger partial charge in [-0.1, -0.05) is 25.1 Å². The van der Waals surface area contributed by atoms with Crippen LogP contribution < -0.4 is 5.32 Å². The van der Waals surface area contributed by atoms with E-state index in [0.29, 0.717) is 6.04 Å². The molecule has 1 saturated heterocycles. The number of rotatable bonds is 3. The summed E-state index contributed by atoms with van der Waals surface area (Å²) in [5, 5.41) is 4.94. The summed E-state index contributed by atoms with van der Waals surface area (Å²) < 4.78 is 0. The van der Waals surface area contributed by atoms with Gasteiger partial charge < -0.3 is 5.32 Å². The molecule has 1 aliphatic heterocycles. The predicted octanol–water partition coefficient (Wildman–Crippen LogP) is 3.12. The molecule has 3 rings (SSSR count). The number of nitrogens with zero attached hydrogens (tertiary/aromatic N) is 2. The monoisotopic (exact) mass is 283 g/mol. The molecule has 1 aliphatic rings. The molecule has 2 aromatic rings. The quantitative estimate of drug-likeness (QED) is 0.938. The van der Waals surface area contributed by atoms with Crippen LogP contribution in [0.4, 0.5) is 0 Å². The second-order valence-corrected chi connectivity index (χ2v) is 6.09. The fourth-order valence-electron chi connectivity index (χ4n) is 3.26. The molecule has 1 aromatic carbocycles. The van der Waals surface area contributed by atoms with Crippen LogP contribution in [0.5, 0.6) is 0 Å². The van der Waals surface area contributed by atoms with Crippen molar-refractivity contribution in [3.8, 4) is 0 Å². The average molecular weight is 283 g/mol. The van der Waals surface area contributed by atoms with Crippen molar-refractivity contribution in [3.63, 3.8) is 0 Å². The maximum absolute atomic E-state index is 4.65. The van der Waals surface area contributed by atoms with E-state index in [-0.39, 0.29) is 0 Å². The van der Waals surface area contributed by atoms with Crippen molar-refractivity contribution in [3.05, 3.63) is 41.6 Å². The Labute approximate surface area is 127 Å². The zero-order chi connectivity index (χ0) is 14.7. The highest BCUT2D eigenvalue weighted by Gasteiger charge is 2.17. The van der Waals surface area contributed by atoms with Crippen molar-refractivity contribution in [1.29, 1.82) is 0 Å². The highest BCUT2D eigenvalue weighted by atomic mass is 15.2. The number of para-hydroxylation sites is 1. The maximum atomic E-state index is 4.65. The van der Waals surface area contributed by atoms with Gasteiger partial charge >= 0.3 is 0 Å². The minimum absolute atomic E-state index is 0.627. The first-order valence-electron chi connectivity index (χ1n) is 8.07. The molecule has 0 bridgehead atoms. The number of benzene rings is 1. The summed E-state index contributed by atoms with van der Waals surface area (Å²) >= 11 is 0. The van der Waals surface area contributed by atoms with Crippen molar-refractivity contribution >= 4 is 10.9 Å². The Kier molecular flexibility index (Phi) is 4.51. The molecule has 3 nitrogen and oxygen atoms in total. The smallest absolute Gasteiger partial charge is 0.0708 e. The SMILES string of the molecule is CCC1CN(Cc2cc(C)nc3ccccc23)CCCN1. The van der Waals surface area contributed by atoms with Gasteiger partial charge in [-0.2, -0.15) is 0 Å². The Morgan fingerprint density at radius 2 is 2.19 bits per heavy atom. The van der Waals surface area contributed by atoms with Gasteiger partial charge in [0, 0.05) is 30.2 Å². The largest absolute Gasteiger partial charge is 0.313 e. The van der Waals surface area contributed by atoms with E-state index >= 15 is 0 Å². The van der Waals surface area contributed by atoms with E-state index in [2.05, 4.69) is 59.4 Å². The van der Waals surface area contributed by atoms with Gasteiger partial charge in [0.15, 0.2) is 0 Å². The molecule has 1 unspecified atom stereocenters. The van der Waals surface area contributed by atoms with Crippen LogP contribution in [0.3, 0.4) is 0 Å². The Morgan fingerprint density at radius 1 is 1.33 bits per heavy atom. The Balaban J connectivity index is 1.86. The molecule has 3 heteroatoms. The van der Waals surface area contributed by atoms with Crippen LogP contribution in [0.1, 0.15) is 31.0 Å². The molecule has 0 radical (unpaired) electrons. The number of fused-ring (bicyclic) bond motifs is 1. The lowest BCUT2D eigenvalue weighted by Crippen LogP contribution is -2.36. The van der Waals surface area contributed by atoms with Gasteiger partial charge in [0.1, 0.15) is 0 Å². The number of aryl methyl sites for hydroxylation is 1. The van der Waals surface area contributed by atoms with E-state index in [9.17, 15) is 0 Å². The molecule has 0 spiro atoms. The van der Waals surface area contributed by atoms with E-state index in [1.165, 1.54) is 30.3 Å². The number of hydrogen-bond donors (Lipinski definition) is 1. The highest BCUT2D eigenvalue weighted by Crippen LogP contribution is 2.20. The van der Waals surface area contributed by atoms with Gasteiger partial charge in [-0.25, -0.2) is 0 Å². The molecule has 2 heterocycles. The highest BCUT2D eigenvalue weighted by molar-refractivity contribution is 5.82. The van der Waals surface area contributed by atoms with E-state index in [1.807, 2.05) is 0 Å². The van der Waals surface area contributed by atoms with Gasteiger partial charge in [-0.05, 0) is 50.6 Å². The molecule has 0 aliphatic carbocycles. The zero-order valence-electron chi connectivity index (χ0n) is 13.1.